The van der Waals surface area contributed by atoms with E-state index < -0.39 is 0 Å². The Labute approximate surface area is 205 Å². The van der Waals surface area contributed by atoms with Crippen LogP contribution in [0.2, 0.25) is 5.02 Å². The Balaban J connectivity index is 0.000000619. The lowest BCUT2D eigenvalue weighted by Gasteiger charge is -2.24. The first kappa shape index (κ1) is 28.4. The van der Waals surface area contributed by atoms with Crippen molar-refractivity contribution in [2.45, 2.75) is 76.2 Å². The minimum Gasteiger partial charge on any atom is -0.268 e. The third-order valence-corrected chi connectivity index (χ3v) is 5.95. The van der Waals surface area contributed by atoms with Gasteiger partial charge in [0.2, 0.25) is 0 Å². The number of amidine groups is 1. The van der Waals surface area contributed by atoms with Crippen LogP contribution in [0.4, 0.5) is 11.4 Å². The van der Waals surface area contributed by atoms with Gasteiger partial charge in [0.25, 0.3) is 5.91 Å². The number of fused-ring (bicyclic) bond motifs is 4. The first-order chi connectivity index (χ1) is 16.0. The van der Waals surface area contributed by atoms with E-state index in [0.29, 0.717) is 16.4 Å². The highest BCUT2D eigenvalue weighted by Crippen LogP contribution is 2.46. The van der Waals surface area contributed by atoms with Gasteiger partial charge in [-0.2, -0.15) is 0 Å². The number of carbonyl (C=O) groups is 1. The van der Waals surface area contributed by atoms with Crippen molar-refractivity contribution >= 4 is 45.5 Å². The van der Waals surface area contributed by atoms with Crippen molar-refractivity contribution in [3.8, 4) is 0 Å². The fourth-order valence-electron chi connectivity index (χ4n) is 3.94. The number of amides is 1. The van der Waals surface area contributed by atoms with E-state index in [2.05, 4.69) is 0 Å². The summed E-state index contributed by atoms with van der Waals surface area (Å²) >= 11 is 6.59. The van der Waals surface area contributed by atoms with Gasteiger partial charge in [-0.15, -0.1) is 0 Å². The van der Waals surface area contributed by atoms with Gasteiger partial charge in [-0.05, 0) is 55.0 Å². The molecule has 0 unspecified atom stereocenters. The predicted molar refractivity (Wildman–Crippen MR) is 148 cm³/mol. The number of benzene rings is 3. The first-order valence-corrected chi connectivity index (χ1v) is 12.6. The van der Waals surface area contributed by atoms with Crippen LogP contribution < -0.4 is 4.90 Å². The predicted octanol–water partition coefficient (Wildman–Crippen LogP) is 9.58. The van der Waals surface area contributed by atoms with E-state index in [-0.39, 0.29) is 5.91 Å². The van der Waals surface area contributed by atoms with Gasteiger partial charge in [-0.3, -0.25) is 9.69 Å². The summed E-state index contributed by atoms with van der Waals surface area (Å²) in [7, 11) is 0. The van der Waals surface area contributed by atoms with Crippen molar-refractivity contribution in [3.63, 3.8) is 0 Å². The van der Waals surface area contributed by atoms with Crippen molar-refractivity contribution in [2.75, 3.05) is 4.90 Å². The minimum atomic E-state index is -0.0908. The van der Waals surface area contributed by atoms with Gasteiger partial charge >= 0.3 is 0 Å². The number of hydrogen-bond acceptors (Lipinski definition) is 2. The van der Waals surface area contributed by atoms with Crippen molar-refractivity contribution in [1.29, 1.82) is 0 Å². The summed E-state index contributed by atoms with van der Waals surface area (Å²) in [6.45, 7) is 22.0. The SMILES string of the molecule is CC.CC.CC.CC.Cc1c(C)c(Cl)c2c(c1C)C1=Nc3cccc4cccc(c34)N1C2=O. The number of hydrogen-bond donors (Lipinski definition) is 0. The molecular formula is C29H39ClN2O. The highest BCUT2D eigenvalue weighted by Gasteiger charge is 2.41. The maximum absolute atomic E-state index is 13.3. The second kappa shape index (κ2) is 12.6. The van der Waals surface area contributed by atoms with E-state index in [1.165, 1.54) is 0 Å². The summed E-state index contributed by atoms with van der Waals surface area (Å²) in [4.78, 5) is 19.9. The van der Waals surface area contributed by atoms with Crippen LogP contribution in [-0.4, -0.2) is 11.7 Å². The van der Waals surface area contributed by atoms with Crippen LogP contribution in [0.5, 0.6) is 0 Å². The summed E-state index contributed by atoms with van der Waals surface area (Å²) < 4.78 is 0. The van der Waals surface area contributed by atoms with E-state index in [4.69, 9.17) is 16.6 Å². The Morgan fingerprint density at radius 3 is 1.85 bits per heavy atom. The molecule has 0 saturated carbocycles. The quantitative estimate of drug-likeness (QED) is 0.324. The maximum Gasteiger partial charge on any atom is 0.266 e. The van der Waals surface area contributed by atoms with Gasteiger partial charge in [0.1, 0.15) is 5.84 Å². The zero-order valence-corrected chi connectivity index (χ0v) is 22.9. The number of anilines is 1. The molecule has 5 rings (SSSR count). The average Bonchev–Trinajstić information content (AvgIpc) is 3.19. The third kappa shape index (κ3) is 4.56. The van der Waals surface area contributed by atoms with Gasteiger partial charge < -0.3 is 0 Å². The molecule has 3 aromatic rings. The van der Waals surface area contributed by atoms with E-state index in [1.807, 2.05) is 113 Å². The summed E-state index contributed by atoms with van der Waals surface area (Å²) in [6, 6.07) is 12.0. The molecule has 0 aliphatic carbocycles. The Morgan fingerprint density at radius 1 is 0.727 bits per heavy atom. The molecule has 2 aliphatic rings. The Kier molecular flexibility index (Phi) is 10.8. The van der Waals surface area contributed by atoms with Gasteiger partial charge in [0.05, 0.1) is 22.0 Å². The van der Waals surface area contributed by atoms with Gasteiger partial charge in [0.15, 0.2) is 0 Å². The fraction of sp³-hybridized carbons (Fsp3) is 0.379. The molecule has 3 nitrogen and oxygen atoms in total. The number of rotatable bonds is 0. The minimum absolute atomic E-state index is 0.0908. The monoisotopic (exact) mass is 466 g/mol. The highest BCUT2D eigenvalue weighted by atomic mass is 35.5. The van der Waals surface area contributed by atoms with Crippen LogP contribution in [-0.2, 0) is 0 Å². The summed E-state index contributed by atoms with van der Waals surface area (Å²) in [5.74, 6) is 0.598. The van der Waals surface area contributed by atoms with Crippen LogP contribution in [0, 0.1) is 20.8 Å². The first-order valence-electron chi connectivity index (χ1n) is 12.2. The molecular weight excluding hydrogens is 428 g/mol. The van der Waals surface area contributed by atoms with Crippen LogP contribution >= 0.6 is 11.6 Å². The molecule has 4 heteroatoms. The molecule has 2 aliphatic heterocycles. The van der Waals surface area contributed by atoms with E-state index >= 15 is 0 Å². The molecule has 1 amide bonds. The second-order valence-electron chi connectivity index (χ2n) is 6.67. The van der Waals surface area contributed by atoms with Gasteiger partial charge in [-0.1, -0.05) is 91.3 Å². The molecule has 2 heterocycles. The molecule has 0 bridgehead atoms. The van der Waals surface area contributed by atoms with E-state index in [9.17, 15) is 4.79 Å². The molecule has 0 aromatic heterocycles. The van der Waals surface area contributed by atoms with Crippen LogP contribution in [0.25, 0.3) is 10.8 Å². The normalized spacial score (nSPS) is 11.8. The smallest absolute Gasteiger partial charge is 0.266 e. The topological polar surface area (TPSA) is 32.7 Å². The standard InChI is InChI=1S/C21H15ClN2O.4C2H6/c1-10-11(2)16-18(19(22)12(10)3)21(25)24-15-9-5-7-13-6-4-8-14(17(13)15)23-20(16)24;4*1-2/h4-9H,1-3H3;4*1-2H3. The van der Waals surface area contributed by atoms with Crippen LogP contribution in [0.3, 0.4) is 0 Å². The van der Waals surface area contributed by atoms with Crippen molar-refractivity contribution in [3.05, 3.63) is 69.2 Å². The van der Waals surface area contributed by atoms with Crippen molar-refractivity contribution in [2.24, 2.45) is 4.99 Å². The zero-order chi connectivity index (χ0) is 25.5. The lowest BCUT2D eigenvalue weighted by atomic mass is 9.94. The molecule has 33 heavy (non-hydrogen) atoms. The lowest BCUT2D eigenvalue weighted by molar-refractivity contribution is 0.101. The Bertz CT molecular complexity index is 1160. The second-order valence-corrected chi connectivity index (χ2v) is 7.05. The van der Waals surface area contributed by atoms with Crippen LogP contribution in [0.1, 0.15) is 88.0 Å². The summed E-state index contributed by atoms with van der Waals surface area (Å²) in [5.41, 5.74) is 6.35. The molecule has 0 radical (unpaired) electrons. The van der Waals surface area contributed by atoms with Crippen molar-refractivity contribution < 1.29 is 4.79 Å². The largest absolute Gasteiger partial charge is 0.268 e. The molecule has 0 saturated heterocycles. The molecule has 0 spiro atoms. The van der Waals surface area contributed by atoms with Gasteiger partial charge in [0, 0.05) is 10.9 Å². The molecule has 178 valence electrons. The summed E-state index contributed by atoms with van der Waals surface area (Å²) in [5, 5.41) is 2.63. The highest BCUT2D eigenvalue weighted by molar-refractivity contribution is 6.45. The number of carbonyl (C=O) groups excluding carboxylic acids is 1. The number of aliphatic imine (C=N–C) groups is 1. The molecule has 0 N–H and O–H groups in total. The zero-order valence-electron chi connectivity index (χ0n) is 22.1. The summed E-state index contributed by atoms with van der Waals surface area (Å²) in [6.07, 6.45) is 0. The molecule has 3 aromatic carbocycles. The average molecular weight is 467 g/mol. The lowest BCUT2D eigenvalue weighted by Crippen LogP contribution is -2.31. The van der Waals surface area contributed by atoms with E-state index in [0.717, 1.165) is 44.4 Å². The fourth-order valence-corrected chi connectivity index (χ4v) is 4.26. The Morgan fingerprint density at radius 2 is 1.27 bits per heavy atom. The van der Waals surface area contributed by atoms with Gasteiger partial charge in [-0.25, -0.2) is 4.99 Å². The molecule has 0 fully saturated rings. The van der Waals surface area contributed by atoms with Crippen LogP contribution in [0.15, 0.2) is 41.4 Å². The maximum atomic E-state index is 13.3. The number of nitrogens with zero attached hydrogens (tertiary/aromatic N) is 2. The van der Waals surface area contributed by atoms with E-state index in [1.54, 1.807) is 4.90 Å². The number of halogens is 1. The Hall–Kier alpha value is -2.65. The molecule has 0 atom stereocenters. The van der Waals surface area contributed by atoms with Crippen molar-refractivity contribution in [1.82, 2.24) is 0 Å². The third-order valence-electron chi connectivity index (χ3n) is 5.48.